The van der Waals surface area contributed by atoms with E-state index in [9.17, 15) is 14.7 Å². The van der Waals surface area contributed by atoms with Gasteiger partial charge in [0.1, 0.15) is 5.54 Å². The molecule has 0 aliphatic rings. The van der Waals surface area contributed by atoms with E-state index in [2.05, 4.69) is 5.32 Å². The van der Waals surface area contributed by atoms with Crippen LogP contribution in [0, 0.1) is 11.8 Å². The van der Waals surface area contributed by atoms with Gasteiger partial charge in [0.15, 0.2) is 0 Å². The normalized spacial score (nSPS) is 16.4. The van der Waals surface area contributed by atoms with Crippen molar-refractivity contribution in [3.63, 3.8) is 0 Å². The molecule has 0 spiro atoms. The lowest BCUT2D eigenvalue weighted by atomic mass is 9.89. The van der Waals surface area contributed by atoms with Crippen LogP contribution in [0.3, 0.4) is 0 Å². The summed E-state index contributed by atoms with van der Waals surface area (Å²) in [6.07, 6.45) is -0.244. The lowest BCUT2D eigenvalue weighted by molar-refractivity contribution is -0.133. The molecule has 0 aliphatic carbocycles. The number of carbonyl (C=O) groups is 2. The van der Waals surface area contributed by atoms with Crippen LogP contribution in [0.2, 0.25) is 0 Å². The van der Waals surface area contributed by atoms with Crippen LogP contribution >= 0.6 is 0 Å². The molecule has 4 N–H and O–H groups in total. The molecule has 5 heteroatoms. The van der Waals surface area contributed by atoms with E-state index in [-0.39, 0.29) is 24.2 Å². The summed E-state index contributed by atoms with van der Waals surface area (Å²) in [5, 5.41) is 12.3. The molecule has 2 amide bonds. The zero-order valence-corrected chi connectivity index (χ0v) is 12.0. The van der Waals surface area contributed by atoms with E-state index in [1.165, 1.54) is 0 Å². The van der Waals surface area contributed by atoms with E-state index in [4.69, 9.17) is 5.73 Å². The molecule has 18 heavy (non-hydrogen) atoms. The van der Waals surface area contributed by atoms with E-state index in [0.29, 0.717) is 6.42 Å². The van der Waals surface area contributed by atoms with Crippen LogP contribution in [0.15, 0.2) is 0 Å². The summed E-state index contributed by atoms with van der Waals surface area (Å²) in [5.74, 6) is -0.666. The van der Waals surface area contributed by atoms with Crippen molar-refractivity contribution in [2.24, 2.45) is 17.6 Å². The molecule has 106 valence electrons. The van der Waals surface area contributed by atoms with E-state index < -0.39 is 17.6 Å². The summed E-state index contributed by atoms with van der Waals surface area (Å²) >= 11 is 0. The highest BCUT2D eigenvalue weighted by Gasteiger charge is 2.34. The molecular formula is C13H26N2O3. The van der Waals surface area contributed by atoms with Crippen LogP contribution < -0.4 is 11.1 Å². The predicted octanol–water partition coefficient (Wildman–Crippen LogP) is 0.800. The Morgan fingerprint density at radius 3 is 2.11 bits per heavy atom. The van der Waals surface area contributed by atoms with Crippen molar-refractivity contribution in [1.82, 2.24) is 5.32 Å². The van der Waals surface area contributed by atoms with Crippen molar-refractivity contribution in [2.45, 2.75) is 59.1 Å². The number of hydrogen-bond donors (Lipinski definition) is 3. The minimum absolute atomic E-state index is 0.000632. The smallest absolute Gasteiger partial charge is 0.242 e. The van der Waals surface area contributed by atoms with Crippen LogP contribution in [0.1, 0.15) is 47.5 Å². The highest BCUT2D eigenvalue weighted by Crippen LogP contribution is 2.17. The number of amides is 2. The number of primary amides is 1. The zero-order chi connectivity index (χ0) is 14.5. The standard InChI is InChI=1S/C13H26N2O3/c1-8(2)7-13(5,12(14)18)15-11(17)6-10(16)9(3)4/h8-10,16H,6-7H2,1-5H3,(H2,14,18)(H,15,17). The first kappa shape index (κ1) is 16.9. The minimum Gasteiger partial charge on any atom is -0.392 e. The first-order chi connectivity index (χ1) is 8.08. The third-order valence-corrected chi connectivity index (χ3v) is 2.94. The topological polar surface area (TPSA) is 92.4 Å². The lowest BCUT2D eigenvalue weighted by Crippen LogP contribution is -2.56. The lowest BCUT2D eigenvalue weighted by Gasteiger charge is -2.29. The van der Waals surface area contributed by atoms with Gasteiger partial charge >= 0.3 is 0 Å². The number of aliphatic hydroxyl groups excluding tert-OH is 1. The van der Waals surface area contributed by atoms with Gasteiger partial charge in [-0.3, -0.25) is 9.59 Å². The second kappa shape index (κ2) is 6.73. The number of nitrogens with one attached hydrogen (secondary N) is 1. The number of nitrogens with two attached hydrogens (primary N) is 1. The quantitative estimate of drug-likeness (QED) is 0.630. The molecule has 0 aromatic heterocycles. The van der Waals surface area contributed by atoms with Gasteiger partial charge < -0.3 is 16.2 Å². The van der Waals surface area contributed by atoms with Crippen molar-refractivity contribution in [1.29, 1.82) is 0 Å². The summed E-state index contributed by atoms with van der Waals surface area (Å²) in [6.45, 7) is 9.19. The zero-order valence-electron chi connectivity index (χ0n) is 12.0. The van der Waals surface area contributed by atoms with Gasteiger partial charge in [0.2, 0.25) is 11.8 Å². The molecule has 0 rings (SSSR count). The first-order valence-electron chi connectivity index (χ1n) is 6.37. The van der Waals surface area contributed by atoms with Crippen molar-refractivity contribution < 1.29 is 14.7 Å². The summed E-state index contributed by atoms with van der Waals surface area (Å²) in [5.41, 5.74) is 4.29. The molecule has 0 aromatic carbocycles. The maximum atomic E-state index is 11.8. The molecule has 0 aromatic rings. The van der Waals surface area contributed by atoms with Gasteiger partial charge in [0.05, 0.1) is 12.5 Å². The van der Waals surface area contributed by atoms with Gasteiger partial charge in [-0.05, 0) is 25.2 Å². The van der Waals surface area contributed by atoms with E-state index in [1.807, 2.05) is 27.7 Å². The fourth-order valence-electron chi connectivity index (χ4n) is 1.81. The van der Waals surface area contributed by atoms with Gasteiger partial charge in [-0.25, -0.2) is 0 Å². The van der Waals surface area contributed by atoms with Crippen molar-refractivity contribution in [3.05, 3.63) is 0 Å². The molecule has 2 atom stereocenters. The Labute approximate surface area is 109 Å². The predicted molar refractivity (Wildman–Crippen MR) is 70.7 cm³/mol. The monoisotopic (exact) mass is 258 g/mol. The first-order valence-corrected chi connectivity index (χ1v) is 6.37. The molecule has 0 fully saturated rings. The Balaban J connectivity index is 4.60. The highest BCUT2D eigenvalue weighted by molar-refractivity contribution is 5.90. The Bertz CT molecular complexity index is 303. The van der Waals surface area contributed by atoms with Crippen LogP contribution in [0.25, 0.3) is 0 Å². The molecule has 0 saturated carbocycles. The Morgan fingerprint density at radius 1 is 1.28 bits per heavy atom. The van der Waals surface area contributed by atoms with Crippen molar-refractivity contribution in [3.8, 4) is 0 Å². The number of carbonyl (C=O) groups excluding carboxylic acids is 2. The Hall–Kier alpha value is -1.10. The highest BCUT2D eigenvalue weighted by atomic mass is 16.3. The fourth-order valence-corrected chi connectivity index (χ4v) is 1.81. The third-order valence-electron chi connectivity index (χ3n) is 2.94. The summed E-state index contributed by atoms with van der Waals surface area (Å²) < 4.78 is 0. The SMILES string of the molecule is CC(C)CC(C)(NC(=O)CC(O)C(C)C)C(N)=O. The maximum absolute atomic E-state index is 11.8. The third kappa shape index (κ3) is 5.49. The summed E-state index contributed by atoms with van der Waals surface area (Å²) in [4.78, 5) is 23.2. The number of aliphatic hydroxyl groups is 1. The second-order valence-corrected chi connectivity index (χ2v) is 5.86. The summed E-state index contributed by atoms with van der Waals surface area (Å²) in [6, 6.07) is 0. The van der Waals surface area contributed by atoms with E-state index in [1.54, 1.807) is 6.92 Å². The van der Waals surface area contributed by atoms with Crippen LogP contribution in [0.4, 0.5) is 0 Å². The van der Waals surface area contributed by atoms with Gasteiger partial charge in [-0.1, -0.05) is 27.7 Å². The molecule has 2 unspecified atom stereocenters. The molecule has 0 saturated heterocycles. The largest absolute Gasteiger partial charge is 0.392 e. The van der Waals surface area contributed by atoms with E-state index in [0.717, 1.165) is 0 Å². The van der Waals surface area contributed by atoms with Gasteiger partial charge in [-0.2, -0.15) is 0 Å². The Kier molecular flexibility index (Phi) is 6.32. The van der Waals surface area contributed by atoms with E-state index >= 15 is 0 Å². The molecule has 5 nitrogen and oxygen atoms in total. The van der Waals surface area contributed by atoms with Crippen LogP contribution in [-0.2, 0) is 9.59 Å². The average molecular weight is 258 g/mol. The molecule has 0 aliphatic heterocycles. The average Bonchev–Trinajstić information content (AvgIpc) is 2.14. The van der Waals surface area contributed by atoms with Gasteiger partial charge in [0.25, 0.3) is 0 Å². The molecular weight excluding hydrogens is 232 g/mol. The fraction of sp³-hybridized carbons (Fsp3) is 0.846. The maximum Gasteiger partial charge on any atom is 0.242 e. The second-order valence-electron chi connectivity index (χ2n) is 5.86. The van der Waals surface area contributed by atoms with Gasteiger partial charge in [-0.15, -0.1) is 0 Å². The molecule has 0 radical (unpaired) electrons. The minimum atomic E-state index is -1.05. The van der Waals surface area contributed by atoms with Crippen molar-refractivity contribution >= 4 is 11.8 Å². The summed E-state index contributed by atoms with van der Waals surface area (Å²) in [7, 11) is 0. The van der Waals surface area contributed by atoms with Crippen LogP contribution in [-0.4, -0.2) is 28.6 Å². The molecule has 0 bridgehead atoms. The van der Waals surface area contributed by atoms with Crippen LogP contribution in [0.5, 0.6) is 0 Å². The number of hydrogen-bond acceptors (Lipinski definition) is 3. The van der Waals surface area contributed by atoms with Gasteiger partial charge in [0, 0.05) is 0 Å². The van der Waals surface area contributed by atoms with Crippen molar-refractivity contribution in [2.75, 3.05) is 0 Å². The Morgan fingerprint density at radius 2 is 1.78 bits per heavy atom. The number of rotatable bonds is 7. The molecule has 0 heterocycles.